The lowest BCUT2D eigenvalue weighted by Crippen LogP contribution is -2.28. The number of nitrogens with zero attached hydrogens (tertiary/aromatic N) is 1. The van der Waals surface area contributed by atoms with Crippen molar-refractivity contribution in [1.29, 1.82) is 0 Å². The molecule has 0 radical (unpaired) electrons. The lowest BCUT2D eigenvalue weighted by Gasteiger charge is -2.09. The number of aromatic nitrogens is 1. The minimum Gasteiger partial charge on any atom is -0.375 e. The van der Waals surface area contributed by atoms with E-state index in [1.807, 2.05) is 0 Å². The van der Waals surface area contributed by atoms with Crippen LogP contribution < -0.4 is 5.73 Å². The average Bonchev–Trinajstić information content (AvgIpc) is 2.57. The van der Waals surface area contributed by atoms with Gasteiger partial charge in [0, 0.05) is 0 Å². The van der Waals surface area contributed by atoms with Crippen LogP contribution in [0.5, 0.6) is 0 Å². The molecule has 6 nitrogen and oxygen atoms in total. The summed E-state index contributed by atoms with van der Waals surface area (Å²) in [6, 6.07) is 0. The summed E-state index contributed by atoms with van der Waals surface area (Å²) >= 11 is -0.529. The van der Waals surface area contributed by atoms with Gasteiger partial charge < -0.3 is 5.73 Å². The van der Waals surface area contributed by atoms with Gasteiger partial charge in [-0.25, -0.2) is 21.8 Å². The summed E-state index contributed by atoms with van der Waals surface area (Å²) in [5, 5.41) is -3.36. The number of halogens is 6. The number of hydrogen-bond donors (Lipinski definition) is 1. The zero-order chi connectivity index (χ0) is 16.1. The number of anilines is 1. The van der Waals surface area contributed by atoms with Gasteiger partial charge in [-0.15, -0.1) is 0 Å². The van der Waals surface area contributed by atoms with Crippen molar-refractivity contribution in [3.63, 3.8) is 0 Å². The molecule has 0 unspecified atom stereocenters. The van der Waals surface area contributed by atoms with E-state index in [-0.39, 0.29) is 0 Å². The van der Waals surface area contributed by atoms with Crippen molar-refractivity contribution in [3.05, 3.63) is 0 Å². The first kappa shape index (κ1) is 17.0. The maximum Gasteiger partial charge on any atom is 0.503 e. The van der Waals surface area contributed by atoms with Crippen LogP contribution in [0.1, 0.15) is 0 Å². The summed E-state index contributed by atoms with van der Waals surface area (Å²) in [5.74, 6) is 0. The molecular weight excluding hydrogens is 362 g/mol. The van der Waals surface area contributed by atoms with E-state index in [0.29, 0.717) is 0 Å². The fourth-order valence-corrected chi connectivity index (χ4v) is 4.61. The fraction of sp³-hybridized carbons (Fsp3) is 0.400. The van der Waals surface area contributed by atoms with E-state index in [1.54, 1.807) is 0 Å². The molecule has 0 atom stereocenters. The number of nitrogen functional groups attached to an aromatic ring is 1. The Morgan fingerprint density at radius 2 is 1.30 bits per heavy atom. The Hall–Kier alpha value is -1.09. The number of hydrogen-bond acceptors (Lipinski definition) is 7. The van der Waals surface area contributed by atoms with Gasteiger partial charge in [-0.1, -0.05) is 11.3 Å². The van der Waals surface area contributed by atoms with E-state index in [2.05, 4.69) is 4.98 Å². The highest BCUT2D eigenvalue weighted by atomic mass is 32.2. The normalized spacial score (nSPS) is 14.5. The molecule has 0 amide bonds. The van der Waals surface area contributed by atoms with Crippen LogP contribution in [0.4, 0.5) is 31.5 Å². The molecule has 1 rings (SSSR count). The second-order valence-electron chi connectivity index (χ2n) is 3.04. The third kappa shape index (κ3) is 2.56. The highest BCUT2D eigenvalue weighted by Crippen LogP contribution is 2.41. The van der Waals surface area contributed by atoms with Crippen LogP contribution in [0.2, 0.25) is 0 Å². The predicted octanol–water partition coefficient (Wildman–Crippen LogP) is 1.31. The van der Waals surface area contributed by atoms with E-state index in [9.17, 15) is 43.2 Å². The third-order valence-electron chi connectivity index (χ3n) is 1.69. The topological polar surface area (TPSA) is 107 Å². The molecule has 0 fully saturated rings. The van der Waals surface area contributed by atoms with Crippen LogP contribution in [-0.4, -0.2) is 32.8 Å². The van der Waals surface area contributed by atoms with Crippen LogP contribution in [0, 0.1) is 0 Å². The van der Waals surface area contributed by atoms with Gasteiger partial charge in [0.15, 0.2) is 14.4 Å². The van der Waals surface area contributed by atoms with Gasteiger partial charge in [0.25, 0.3) is 19.7 Å². The SMILES string of the molecule is Nc1nc(S(=O)(=O)C(F)(F)F)c(S(=O)(=O)C(F)(F)F)s1. The first-order valence-electron chi connectivity index (χ1n) is 4.01. The summed E-state index contributed by atoms with van der Waals surface area (Å²) in [5.41, 5.74) is -7.22. The molecule has 0 saturated carbocycles. The van der Waals surface area contributed by atoms with Gasteiger partial charge >= 0.3 is 11.0 Å². The van der Waals surface area contributed by atoms with Gasteiger partial charge in [-0.2, -0.15) is 26.3 Å². The van der Waals surface area contributed by atoms with Crippen molar-refractivity contribution in [2.75, 3.05) is 5.73 Å². The quantitative estimate of drug-likeness (QED) is 0.793. The number of rotatable bonds is 2. The highest BCUT2D eigenvalue weighted by Gasteiger charge is 2.56. The number of sulfone groups is 2. The van der Waals surface area contributed by atoms with Crippen molar-refractivity contribution in [2.24, 2.45) is 0 Å². The van der Waals surface area contributed by atoms with Crippen molar-refractivity contribution in [2.45, 2.75) is 20.3 Å². The second-order valence-corrected chi connectivity index (χ2v) is 8.07. The Labute approximate surface area is 111 Å². The monoisotopic (exact) mass is 364 g/mol. The molecule has 0 aromatic carbocycles. The fourth-order valence-electron chi connectivity index (χ4n) is 0.862. The molecule has 20 heavy (non-hydrogen) atoms. The van der Waals surface area contributed by atoms with Gasteiger partial charge in [-0.3, -0.25) is 0 Å². The van der Waals surface area contributed by atoms with Crippen LogP contribution in [0.3, 0.4) is 0 Å². The maximum atomic E-state index is 12.3. The lowest BCUT2D eigenvalue weighted by molar-refractivity contribution is -0.0456. The zero-order valence-corrected chi connectivity index (χ0v) is 11.1. The number of thiazole rings is 1. The van der Waals surface area contributed by atoms with E-state index in [1.165, 1.54) is 0 Å². The van der Waals surface area contributed by atoms with Gasteiger partial charge in [0.1, 0.15) is 0 Å². The Morgan fingerprint density at radius 3 is 1.65 bits per heavy atom. The van der Waals surface area contributed by atoms with E-state index in [0.717, 1.165) is 0 Å². The molecule has 0 aliphatic heterocycles. The largest absolute Gasteiger partial charge is 0.503 e. The average molecular weight is 364 g/mol. The summed E-state index contributed by atoms with van der Waals surface area (Å²) in [6.07, 6.45) is 0. The summed E-state index contributed by atoms with van der Waals surface area (Å²) in [4.78, 5) is 2.54. The van der Waals surface area contributed by atoms with Gasteiger partial charge in [-0.05, 0) is 0 Å². The van der Waals surface area contributed by atoms with Crippen LogP contribution in [-0.2, 0) is 19.7 Å². The maximum absolute atomic E-state index is 12.3. The van der Waals surface area contributed by atoms with Crippen molar-refractivity contribution in [1.82, 2.24) is 4.98 Å². The molecule has 1 heterocycles. The first-order valence-corrected chi connectivity index (χ1v) is 7.79. The minimum absolute atomic E-state index is 0.529. The Bertz CT molecular complexity index is 666. The van der Waals surface area contributed by atoms with Crippen LogP contribution in [0.15, 0.2) is 9.24 Å². The predicted molar refractivity (Wildman–Crippen MR) is 53.0 cm³/mol. The summed E-state index contributed by atoms with van der Waals surface area (Å²) < 4.78 is 115. The van der Waals surface area contributed by atoms with Crippen LogP contribution >= 0.6 is 11.3 Å². The molecule has 2 N–H and O–H groups in total. The van der Waals surface area contributed by atoms with Gasteiger partial charge in [0.05, 0.1) is 0 Å². The molecule has 0 spiro atoms. The van der Waals surface area contributed by atoms with E-state index >= 15 is 0 Å². The van der Waals surface area contributed by atoms with Crippen molar-refractivity contribution in [3.8, 4) is 0 Å². The first-order chi connectivity index (χ1) is 8.62. The van der Waals surface area contributed by atoms with E-state index < -0.39 is 56.4 Å². The zero-order valence-electron chi connectivity index (χ0n) is 8.65. The van der Waals surface area contributed by atoms with E-state index in [4.69, 9.17) is 5.73 Å². The summed E-state index contributed by atoms with van der Waals surface area (Å²) in [6.45, 7) is 0. The Kier molecular flexibility index (Phi) is 3.78. The number of nitrogens with two attached hydrogens (primary N) is 1. The van der Waals surface area contributed by atoms with Gasteiger partial charge in [0.2, 0.25) is 0 Å². The molecule has 1 aromatic heterocycles. The molecule has 0 aliphatic rings. The highest BCUT2D eigenvalue weighted by molar-refractivity contribution is 7.96. The Balaban J connectivity index is 3.74. The molecular formula is C5H2F6N2O4S3. The van der Waals surface area contributed by atoms with Crippen LogP contribution in [0.25, 0.3) is 0 Å². The minimum atomic E-state index is -6.39. The van der Waals surface area contributed by atoms with Crippen molar-refractivity contribution >= 4 is 36.1 Å². The molecule has 0 aliphatic carbocycles. The molecule has 0 bridgehead atoms. The molecule has 116 valence electrons. The molecule has 15 heteroatoms. The molecule has 0 saturated heterocycles. The third-order valence-corrected chi connectivity index (χ3v) is 6.24. The number of alkyl halides is 6. The smallest absolute Gasteiger partial charge is 0.375 e. The Morgan fingerprint density at radius 1 is 0.900 bits per heavy atom. The lowest BCUT2D eigenvalue weighted by atomic mass is 11.0. The second kappa shape index (κ2) is 4.45. The molecule has 1 aromatic rings. The standard InChI is InChI=1S/C5H2F6N2O4S3/c6-4(7,8)19(14,15)1-2(18-3(12)13-1)20(16,17)5(9,10)11/h(H2,12,13). The summed E-state index contributed by atoms with van der Waals surface area (Å²) in [7, 11) is -12.7. The van der Waals surface area contributed by atoms with Crippen molar-refractivity contribution < 1.29 is 43.2 Å².